The summed E-state index contributed by atoms with van der Waals surface area (Å²) in [4.78, 5) is 21.6. The Balaban J connectivity index is 1.39. The summed E-state index contributed by atoms with van der Waals surface area (Å²) in [5, 5.41) is 1.71. The summed E-state index contributed by atoms with van der Waals surface area (Å²) in [6.45, 7) is 6.87. The number of nitrogens with zero attached hydrogens (tertiary/aromatic N) is 3. The molecule has 4 rings (SSSR count). The van der Waals surface area contributed by atoms with Gasteiger partial charge in [-0.25, -0.2) is 4.98 Å². The quantitative estimate of drug-likeness (QED) is 0.619. The number of carbonyl (C=O) groups is 1. The van der Waals surface area contributed by atoms with Crippen LogP contribution in [0.2, 0.25) is 5.02 Å². The maximum Gasteiger partial charge on any atom is 0.253 e. The Bertz CT molecular complexity index is 979. The Hall–Kier alpha value is -2.31. The highest BCUT2D eigenvalue weighted by molar-refractivity contribution is 7.22. The van der Waals surface area contributed by atoms with Crippen LogP contribution < -0.4 is 9.64 Å². The Kier molecular flexibility index (Phi) is 5.42. The minimum Gasteiger partial charge on any atom is -0.491 e. The molecule has 0 atom stereocenters. The highest BCUT2D eigenvalue weighted by atomic mass is 35.5. The van der Waals surface area contributed by atoms with E-state index in [0.717, 1.165) is 39.2 Å². The number of halogens is 1. The number of anilines is 1. The summed E-state index contributed by atoms with van der Waals surface area (Å²) >= 11 is 7.72. The first-order chi connectivity index (χ1) is 13.5. The molecule has 2 aromatic carbocycles. The summed E-state index contributed by atoms with van der Waals surface area (Å²) in [7, 11) is 0. The number of thiazole rings is 1. The molecule has 0 N–H and O–H groups in total. The largest absolute Gasteiger partial charge is 0.491 e. The van der Waals surface area contributed by atoms with Gasteiger partial charge in [-0.1, -0.05) is 22.9 Å². The molecule has 5 nitrogen and oxygen atoms in total. The van der Waals surface area contributed by atoms with Gasteiger partial charge in [0, 0.05) is 36.8 Å². The van der Waals surface area contributed by atoms with Crippen LogP contribution in [0.5, 0.6) is 5.75 Å². The molecular formula is C21H22ClN3O2S. The van der Waals surface area contributed by atoms with Crippen molar-refractivity contribution < 1.29 is 9.53 Å². The van der Waals surface area contributed by atoms with Gasteiger partial charge in [-0.2, -0.15) is 0 Å². The molecule has 0 unspecified atom stereocenters. The van der Waals surface area contributed by atoms with Gasteiger partial charge in [-0.05, 0) is 56.3 Å². The number of piperazine rings is 1. The number of hydrogen-bond acceptors (Lipinski definition) is 5. The van der Waals surface area contributed by atoms with Crippen LogP contribution in [0.15, 0.2) is 42.5 Å². The van der Waals surface area contributed by atoms with Crippen molar-refractivity contribution in [3.05, 3.63) is 53.1 Å². The van der Waals surface area contributed by atoms with Crippen molar-refractivity contribution in [3.8, 4) is 5.75 Å². The zero-order chi connectivity index (χ0) is 19.7. The third kappa shape index (κ3) is 4.08. The van der Waals surface area contributed by atoms with E-state index in [1.807, 2.05) is 61.2 Å². The lowest BCUT2D eigenvalue weighted by Gasteiger charge is -2.34. The SMILES string of the molecule is CC(C)Oc1ccc(C(=O)N2CCN(c3nc4ccc(Cl)cc4s3)CC2)cc1. The molecule has 3 aromatic rings. The summed E-state index contributed by atoms with van der Waals surface area (Å²) in [5.74, 6) is 0.846. The molecule has 1 aliphatic heterocycles. The molecule has 146 valence electrons. The van der Waals surface area contributed by atoms with Gasteiger partial charge in [0.1, 0.15) is 5.75 Å². The van der Waals surface area contributed by atoms with Gasteiger partial charge in [0.15, 0.2) is 5.13 Å². The van der Waals surface area contributed by atoms with Crippen molar-refractivity contribution in [2.45, 2.75) is 20.0 Å². The second kappa shape index (κ2) is 7.97. The first-order valence-corrected chi connectivity index (χ1v) is 10.6. The summed E-state index contributed by atoms with van der Waals surface area (Å²) < 4.78 is 6.73. The standard InChI is InChI=1S/C21H22ClN3O2S/c1-14(2)27-17-6-3-15(4-7-17)20(26)24-9-11-25(12-10-24)21-23-18-8-5-16(22)13-19(18)28-21/h3-8,13-14H,9-12H2,1-2H3. The van der Waals surface area contributed by atoms with Crippen molar-refractivity contribution in [1.82, 2.24) is 9.88 Å². The molecule has 7 heteroatoms. The molecule has 28 heavy (non-hydrogen) atoms. The number of hydrogen-bond donors (Lipinski definition) is 0. The molecule has 1 amide bonds. The van der Waals surface area contributed by atoms with Gasteiger partial charge in [-0.3, -0.25) is 4.79 Å². The van der Waals surface area contributed by atoms with Gasteiger partial charge in [0.2, 0.25) is 0 Å². The minimum atomic E-state index is 0.0619. The van der Waals surface area contributed by atoms with Crippen LogP contribution in [0.3, 0.4) is 0 Å². The maximum atomic E-state index is 12.8. The average molecular weight is 416 g/mol. The Morgan fingerprint density at radius 2 is 1.82 bits per heavy atom. The third-order valence-electron chi connectivity index (χ3n) is 4.65. The van der Waals surface area contributed by atoms with E-state index in [2.05, 4.69) is 4.90 Å². The first kappa shape index (κ1) is 19.0. The predicted octanol–water partition coefficient (Wildman–Crippen LogP) is 4.70. The molecule has 1 saturated heterocycles. The molecular weight excluding hydrogens is 394 g/mol. The predicted molar refractivity (Wildman–Crippen MR) is 115 cm³/mol. The number of ether oxygens (including phenoxy) is 1. The van der Waals surface area contributed by atoms with Gasteiger partial charge < -0.3 is 14.5 Å². The number of amides is 1. The number of carbonyl (C=O) groups excluding carboxylic acids is 1. The van der Waals surface area contributed by atoms with Gasteiger partial charge in [-0.15, -0.1) is 0 Å². The van der Waals surface area contributed by atoms with Crippen LogP contribution in [0.25, 0.3) is 10.2 Å². The molecule has 1 aliphatic rings. The number of aromatic nitrogens is 1. The summed E-state index contributed by atoms with van der Waals surface area (Å²) in [6, 6.07) is 13.1. The smallest absolute Gasteiger partial charge is 0.253 e. The lowest BCUT2D eigenvalue weighted by Crippen LogP contribution is -2.48. The molecule has 0 aliphatic carbocycles. The first-order valence-electron chi connectivity index (χ1n) is 9.36. The normalized spacial score (nSPS) is 14.7. The van der Waals surface area contributed by atoms with E-state index in [9.17, 15) is 4.79 Å². The lowest BCUT2D eigenvalue weighted by molar-refractivity contribution is 0.0746. The van der Waals surface area contributed by atoms with Crippen LogP contribution in [0, 0.1) is 0 Å². The van der Waals surface area contributed by atoms with Crippen LogP contribution >= 0.6 is 22.9 Å². The number of fused-ring (bicyclic) bond motifs is 1. The van der Waals surface area contributed by atoms with E-state index in [1.165, 1.54) is 0 Å². The molecule has 0 radical (unpaired) electrons. The number of benzene rings is 2. The topological polar surface area (TPSA) is 45.7 Å². The fourth-order valence-corrected chi connectivity index (χ4v) is 4.55. The fourth-order valence-electron chi connectivity index (χ4n) is 3.25. The van der Waals surface area contributed by atoms with Crippen LogP contribution in [-0.2, 0) is 0 Å². The molecule has 0 bridgehead atoms. The maximum absolute atomic E-state index is 12.8. The van der Waals surface area contributed by atoms with Crippen molar-refractivity contribution in [2.75, 3.05) is 31.1 Å². The van der Waals surface area contributed by atoms with Crippen molar-refractivity contribution >= 4 is 44.2 Å². The molecule has 2 heterocycles. The van der Waals surface area contributed by atoms with Gasteiger partial charge >= 0.3 is 0 Å². The molecule has 1 aromatic heterocycles. The second-order valence-corrected chi connectivity index (χ2v) is 8.52. The van der Waals surface area contributed by atoms with Crippen LogP contribution in [-0.4, -0.2) is 48.1 Å². The van der Waals surface area contributed by atoms with E-state index in [0.29, 0.717) is 18.7 Å². The van der Waals surface area contributed by atoms with Crippen molar-refractivity contribution in [2.24, 2.45) is 0 Å². The summed E-state index contributed by atoms with van der Waals surface area (Å²) in [6.07, 6.45) is 0.119. The van der Waals surface area contributed by atoms with E-state index in [1.54, 1.807) is 11.3 Å². The highest BCUT2D eigenvalue weighted by Gasteiger charge is 2.24. The van der Waals surface area contributed by atoms with Crippen molar-refractivity contribution in [3.63, 3.8) is 0 Å². The average Bonchev–Trinajstić information content (AvgIpc) is 3.11. The number of rotatable bonds is 4. The molecule has 0 saturated carbocycles. The van der Waals surface area contributed by atoms with Gasteiger partial charge in [0.05, 0.1) is 16.3 Å². The Labute approximate surface area is 173 Å². The zero-order valence-corrected chi connectivity index (χ0v) is 17.5. The van der Waals surface area contributed by atoms with E-state index >= 15 is 0 Å². The fraction of sp³-hybridized carbons (Fsp3) is 0.333. The van der Waals surface area contributed by atoms with E-state index < -0.39 is 0 Å². The molecule has 1 fully saturated rings. The lowest BCUT2D eigenvalue weighted by atomic mass is 10.1. The van der Waals surface area contributed by atoms with Crippen molar-refractivity contribution in [1.29, 1.82) is 0 Å². The van der Waals surface area contributed by atoms with Crippen LogP contribution in [0.1, 0.15) is 24.2 Å². The van der Waals surface area contributed by atoms with Crippen LogP contribution in [0.4, 0.5) is 5.13 Å². The second-order valence-electron chi connectivity index (χ2n) is 7.08. The summed E-state index contributed by atoms with van der Waals surface area (Å²) in [5.41, 5.74) is 1.66. The zero-order valence-electron chi connectivity index (χ0n) is 15.9. The Morgan fingerprint density at radius 3 is 2.50 bits per heavy atom. The third-order valence-corrected chi connectivity index (χ3v) is 5.96. The minimum absolute atomic E-state index is 0.0619. The monoisotopic (exact) mass is 415 g/mol. The van der Waals surface area contributed by atoms with E-state index in [-0.39, 0.29) is 12.0 Å². The Morgan fingerprint density at radius 1 is 1.11 bits per heavy atom. The molecule has 0 spiro atoms. The van der Waals surface area contributed by atoms with Gasteiger partial charge in [0.25, 0.3) is 5.91 Å². The highest BCUT2D eigenvalue weighted by Crippen LogP contribution is 2.31. The van der Waals surface area contributed by atoms with E-state index in [4.69, 9.17) is 21.3 Å².